The van der Waals surface area contributed by atoms with Gasteiger partial charge in [0.15, 0.2) is 0 Å². The van der Waals surface area contributed by atoms with Gasteiger partial charge in [-0.1, -0.05) is 17.7 Å². The SMILES string of the molecule is CCOC(=O)/C(N=Nc1ccc(C)cc1C)=C(\O)C(F)(F)F. The van der Waals surface area contributed by atoms with E-state index in [4.69, 9.17) is 5.11 Å². The molecule has 5 nitrogen and oxygen atoms in total. The van der Waals surface area contributed by atoms with E-state index in [1.807, 2.05) is 6.92 Å². The van der Waals surface area contributed by atoms with Crippen LogP contribution in [-0.4, -0.2) is 23.9 Å². The first-order valence-corrected chi connectivity index (χ1v) is 6.33. The van der Waals surface area contributed by atoms with E-state index in [-0.39, 0.29) is 12.3 Å². The lowest BCUT2D eigenvalue weighted by Crippen LogP contribution is -2.18. The van der Waals surface area contributed by atoms with Crippen LogP contribution in [0.4, 0.5) is 18.9 Å². The Morgan fingerprint density at radius 3 is 2.45 bits per heavy atom. The Bertz CT molecular complexity index is 622. The van der Waals surface area contributed by atoms with Gasteiger partial charge in [0, 0.05) is 0 Å². The normalized spacial score (nSPS) is 13.2. The molecule has 1 rings (SSSR count). The number of esters is 1. The van der Waals surface area contributed by atoms with Crippen LogP contribution in [0.25, 0.3) is 0 Å². The van der Waals surface area contributed by atoms with Gasteiger partial charge in [0.1, 0.15) is 0 Å². The fourth-order valence-electron chi connectivity index (χ4n) is 1.54. The molecule has 0 saturated heterocycles. The van der Waals surface area contributed by atoms with E-state index in [1.54, 1.807) is 25.1 Å². The summed E-state index contributed by atoms with van der Waals surface area (Å²) >= 11 is 0. The second-order valence-electron chi connectivity index (χ2n) is 4.41. The predicted octanol–water partition coefficient (Wildman–Crippen LogP) is 4.28. The molecule has 120 valence electrons. The number of allylic oxidation sites excluding steroid dienone is 1. The van der Waals surface area contributed by atoms with Crippen LogP contribution in [0, 0.1) is 13.8 Å². The zero-order valence-electron chi connectivity index (χ0n) is 12.2. The lowest BCUT2D eigenvalue weighted by Gasteiger charge is -2.08. The van der Waals surface area contributed by atoms with Crippen LogP contribution in [-0.2, 0) is 9.53 Å². The molecule has 0 atom stereocenters. The van der Waals surface area contributed by atoms with Crippen molar-refractivity contribution < 1.29 is 27.8 Å². The molecular weight excluding hydrogens is 301 g/mol. The molecule has 0 bridgehead atoms. The van der Waals surface area contributed by atoms with Crippen molar-refractivity contribution in [3.8, 4) is 0 Å². The molecule has 0 radical (unpaired) electrons. The number of hydrogen-bond donors (Lipinski definition) is 1. The van der Waals surface area contributed by atoms with Crippen LogP contribution in [0.1, 0.15) is 18.1 Å². The minimum Gasteiger partial charge on any atom is -0.502 e. The third kappa shape index (κ3) is 4.57. The number of ether oxygens (including phenoxy) is 1. The molecule has 22 heavy (non-hydrogen) atoms. The first kappa shape index (κ1) is 17.7. The summed E-state index contributed by atoms with van der Waals surface area (Å²) in [6.07, 6.45) is -5.12. The zero-order valence-corrected chi connectivity index (χ0v) is 12.2. The van der Waals surface area contributed by atoms with Crippen LogP contribution >= 0.6 is 0 Å². The largest absolute Gasteiger partial charge is 0.502 e. The maximum atomic E-state index is 12.5. The molecule has 0 fully saturated rings. The Balaban J connectivity index is 3.24. The average molecular weight is 316 g/mol. The summed E-state index contributed by atoms with van der Waals surface area (Å²) in [7, 11) is 0. The van der Waals surface area contributed by atoms with E-state index >= 15 is 0 Å². The summed E-state index contributed by atoms with van der Waals surface area (Å²) in [5, 5.41) is 16.0. The second-order valence-corrected chi connectivity index (χ2v) is 4.41. The van der Waals surface area contributed by atoms with Gasteiger partial charge in [-0.2, -0.15) is 13.2 Å². The number of carbonyl (C=O) groups excluding carboxylic acids is 1. The van der Waals surface area contributed by atoms with Crippen LogP contribution < -0.4 is 0 Å². The predicted molar refractivity (Wildman–Crippen MR) is 72.8 cm³/mol. The molecule has 1 aromatic rings. The van der Waals surface area contributed by atoms with Crippen LogP contribution in [0.5, 0.6) is 0 Å². The first-order chi connectivity index (χ1) is 10.2. The first-order valence-electron chi connectivity index (χ1n) is 6.33. The number of rotatable bonds is 4. The van der Waals surface area contributed by atoms with E-state index in [0.717, 1.165) is 5.56 Å². The number of nitrogens with zero attached hydrogens (tertiary/aromatic N) is 2. The number of azo groups is 1. The molecule has 0 heterocycles. The van der Waals surface area contributed by atoms with Crippen molar-refractivity contribution >= 4 is 11.7 Å². The molecule has 0 aliphatic carbocycles. The fraction of sp³-hybridized carbons (Fsp3) is 0.357. The highest BCUT2D eigenvalue weighted by atomic mass is 19.4. The molecule has 1 N–H and O–H groups in total. The van der Waals surface area contributed by atoms with E-state index in [1.165, 1.54) is 6.92 Å². The molecule has 1 aromatic carbocycles. The number of aliphatic hydroxyl groups excluding tert-OH is 1. The van der Waals surface area contributed by atoms with Gasteiger partial charge >= 0.3 is 12.1 Å². The molecule has 0 spiro atoms. The summed E-state index contributed by atoms with van der Waals surface area (Å²) in [6, 6.07) is 4.99. The van der Waals surface area contributed by atoms with Gasteiger partial charge in [-0.15, -0.1) is 10.2 Å². The minimum atomic E-state index is -5.12. The van der Waals surface area contributed by atoms with E-state index < -0.39 is 23.6 Å². The van der Waals surface area contributed by atoms with Gasteiger partial charge in [0.25, 0.3) is 0 Å². The molecule has 0 amide bonds. The van der Waals surface area contributed by atoms with Crippen LogP contribution in [0.3, 0.4) is 0 Å². The average Bonchev–Trinajstić information content (AvgIpc) is 2.40. The molecule has 8 heteroatoms. The van der Waals surface area contributed by atoms with Crippen molar-refractivity contribution in [2.75, 3.05) is 6.61 Å². The molecule has 0 aliphatic rings. The van der Waals surface area contributed by atoms with Crippen molar-refractivity contribution in [2.24, 2.45) is 10.2 Å². The maximum absolute atomic E-state index is 12.5. The van der Waals surface area contributed by atoms with Gasteiger partial charge in [-0.05, 0) is 32.4 Å². The highest BCUT2D eigenvalue weighted by Gasteiger charge is 2.39. The summed E-state index contributed by atoms with van der Waals surface area (Å²) in [6.45, 7) is 4.79. The van der Waals surface area contributed by atoms with Crippen LogP contribution in [0.2, 0.25) is 0 Å². The summed E-state index contributed by atoms with van der Waals surface area (Å²) in [5.41, 5.74) is 0.603. The summed E-state index contributed by atoms with van der Waals surface area (Å²) < 4.78 is 42.1. The minimum absolute atomic E-state index is 0.160. The van der Waals surface area contributed by atoms with Gasteiger partial charge in [0.2, 0.25) is 11.5 Å². The van der Waals surface area contributed by atoms with Crippen molar-refractivity contribution in [3.05, 3.63) is 40.8 Å². The van der Waals surface area contributed by atoms with Crippen molar-refractivity contribution in [1.82, 2.24) is 0 Å². The summed E-state index contributed by atoms with van der Waals surface area (Å²) in [4.78, 5) is 11.5. The quantitative estimate of drug-likeness (QED) is 0.390. The Hall–Kier alpha value is -2.38. The number of carbonyl (C=O) groups is 1. The maximum Gasteiger partial charge on any atom is 0.451 e. The Morgan fingerprint density at radius 2 is 1.95 bits per heavy atom. The Labute approximate surface area is 125 Å². The zero-order chi connectivity index (χ0) is 16.9. The lowest BCUT2D eigenvalue weighted by molar-refractivity contribution is -0.143. The third-order valence-corrected chi connectivity index (χ3v) is 2.57. The van der Waals surface area contributed by atoms with Crippen LogP contribution in [0.15, 0.2) is 39.9 Å². The van der Waals surface area contributed by atoms with E-state index in [2.05, 4.69) is 15.0 Å². The highest BCUT2D eigenvalue weighted by molar-refractivity contribution is 5.88. The van der Waals surface area contributed by atoms with Gasteiger partial charge in [-0.3, -0.25) is 0 Å². The highest BCUT2D eigenvalue weighted by Crippen LogP contribution is 2.28. The molecule has 0 unspecified atom stereocenters. The van der Waals surface area contributed by atoms with Gasteiger partial charge in [-0.25, -0.2) is 4.79 Å². The van der Waals surface area contributed by atoms with E-state index in [9.17, 15) is 18.0 Å². The van der Waals surface area contributed by atoms with Gasteiger partial charge in [0.05, 0.1) is 12.3 Å². The Morgan fingerprint density at radius 1 is 1.32 bits per heavy atom. The standard InChI is InChI=1S/C14H15F3N2O3/c1-4-22-13(21)11(12(20)14(15,16)17)19-18-10-6-5-8(2)7-9(10)3/h5-7,20H,4H2,1-3H3/b12-11+,19-18?. The summed E-state index contributed by atoms with van der Waals surface area (Å²) in [5.74, 6) is -3.54. The number of aliphatic hydroxyl groups is 1. The fourth-order valence-corrected chi connectivity index (χ4v) is 1.54. The molecule has 0 aliphatic heterocycles. The van der Waals surface area contributed by atoms with E-state index in [0.29, 0.717) is 5.56 Å². The molecular formula is C14H15F3N2O3. The Kier molecular flexibility index (Phi) is 5.67. The molecule has 0 saturated carbocycles. The van der Waals surface area contributed by atoms with Crippen molar-refractivity contribution in [3.63, 3.8) is 0 Å². The number of halogens is 3. The third-order valence-electron chi connectivity index (χ3n) is 2.57. The van der Waals surface area contributed by atoms with Crippen molar-refractivity contribution in [1.29, 1.82) is 0 Å². The van der Waals surface area contributed by atoms with Crippen molar-refractivity contribution in [2.45, 2.75) is 26.9 Å². The molecule has 0 aromatic heterocycles. The topological polar surface area (TPSA) is 71.2 Å². The smallest absolute Gasteiger partial charge is 0.451 e. The number of hydrogen-bond acceptors (Lipinski definition) is 5. The monoisotopic (exact) mass is 316 g/mol. The number of benzene rings is 1. The van der Waals surface area contributed by atoms with Gasteiger partial charge < -0.3 is 9.84 Å². The lowest BCUT2D eigenvalue weighted by atomic mass is 10.1. The second kappa shape index (κ2) is 7.06. The number of aryl methyl sites for hydroxylation is 2. The number of alkyl halides is 3.